The van der Waals surface area contributed by atoms with Crippen LogP contribution < -0.4 is 4.74 Å². The van der Waals surface area contributed by atoms with Crippen LogP contribution in [0, 0.1) is 0 Å². The topological polar surface area (TPSA) is 22.1 Å². The Kier molecular flexibility index (Phi) is 4.38. The predicted octanol–water partition coefficient (Wildman–Crippen LogP) is 4.78. The normalized spacial score (nSPS) is 11.8. The highest BCUT2D eigenvalue weighted by Gasteiger charge is 2.27. The Morgan fingerprint density at radius 2 is 2.05 bits per heavy atom. The van der Waals surface area contributed by atoms with Crippen LogP contribution in [-0.2, 0) is 6.42 Å². The Bertz CT molecular complexity index is 613. The predicted molar refractivity (Wildman–Crippen MR) is 72.3 cm³/mol. The van der Waals surface area contributed by atoms with Crippen molar-refractivity contribution < 1.29 is 17.9 Å². The summed E-state index contributed by atoms with van der Waals surface area (Å²) in [5.41, 5.74) is 0.795. The van der Waals surface area contributed by atoms with Crippen molar-refractivity contribution in [1.82, 2.24) is 4.98 Å². The van der Waals surface area contributed by atoms with Crippen LogP contribution in [0.4, 0.5) is 13.2 Å². The largest absolute Gasteiger partial charge is 0.493 e. The van der Waals surface area contributed by atoms with Gasteiger partial charge in [0.2, 0.25) is 0 Å². The van der Waals surface area contributed by atoms with Gasteiger partial charge in [0.25, 0.3) is 0 Å². The SMILES string of the molecule is CCOc1cc(CCC(F)(F)F)nc2c(Cl)cccc12. The van der Waals surface area contributed by atoms with Crippen LogP contribution in [0.5, 0.6) is 5.75 Å². The summed E-state index contributed by atoms with van der Waals surface area (Å²) in [4.78, 5) is 4.21. The van der Waals surface area contributed by atoms with Crippen molar-refractivity contribution in [3.63, 3.8) is 0 Å². The number of nitrogens with zero attached hydrogens (tertiary/aromatic N) is 1. The zero-order chi connectivity index (χ0) is 14.8. The molecule has 0 saturated carbocycles. The first-order chi connectivity index (χ1) is 9.40. The van der Waals surface area contributed by atoms with Gasteiger partial charge >= 0.3 is 6.18 Å². The number of fused-ring (bicyclic) bond motifs is 1. The number of halogens is 4. The molecule has 6 heteroatoms. The van der Waals surface area contributed by atoms with Crippen LogP contribution in [0.25, 0.3) is 10.9 Å². The van der Waals surface area contributed by atoms with Crippen LogP contribution in [-0.4, -0.2) is 17.8 Å². The van der Waals surface area contributed by atoms with Gasteiger partial charge in [-0.3, -0.25) is 4.98 Å². The van der Waals surface area contributed by atoms with E-state index in [1.807, 2.05) is 6.92 Å². The Morgan fingerprint density at radius 1 is 1.30 bits per heavy atom. The van der Waals surface area contributed by atoms with Crippen LogP contribution in [0.2, 0.25) is 5.02 Å². The third-order valence-corrected chi connectivity index (χ3v) is 3.07. The molecule has 1 aromatic heterocycles. The number of aryl methyl sites for hydroxylation is 1. The molecule has 2 nitrogen and oxygen atoms in total. The van der Waals surface area contributed by atoms with Gasteiger partial charge in [0, 0.05) is 23.6 Å². The summed E-state index contributed by atoms with van der Waals surface area (Å²) >= 11 is 6.05. The van der Waals surface area contributed by atoms with E-state index in [-0.39, 0.29) is 6.42 Å². The Hall–Kier alpha value is -1.49. The van der Waals surface area contributed by atoms with E-state index >= 15 is 0 Å². The molecule has 0 radical (unpaired) electrons. The van der Waals surface area contributed by atoms with Crippen molar-refractivity contribution in [2.75, 3.05) is 6.61 Å². The fourth-order valence-electron chi connectivity index (χ4n) is 1.91. The van der Waals surface area contributed by atoms with E-state index < -0.39 is 12.6 Å². The summed E-state index contributed by atoms with van der Waals surface area (Å²) < 4.78 is 42.4. The summed E-state index contributed by atoms with van der Waals surface area (Å²) in [6.45, 7) is 2.23. The zero-order valence-corrected chi connectivity index (χ0v) is 11.6. The molecule has 0 bridgehead atoms. The number of hydrogen-bond acceptors (Lipinski definition) is 2. The lowest BCUT2D eigenvalue weighted by molar-refractivity contribution is -0.134. The van der Waals surface area contributed by atoms with Crippen molar-refractivity contribution in [1.29, 1.82) is 0 Å². The highest BCUT2D eigenvalue weighted by Crippen LogP contribution is 2.31. The number of para-hydroxylation sites is 1. The van der Waals surface area contributed by atoms with E-state index in [0.717, 1.165) is 0 Å². The number of ether oxygens (including phenoxy) is 1. The van der Waals surface area contributed by atoms with Gasteiger partial charge in [-0.25, -0.2) is 0 Å². The van der Waals surface area contributed by atoms with E-state index in [0.29, 0.717) is 34.0 Å². The van der Waals surface area contributed by atoms with Gasteiger partial charge in [-0.15, -0.1) is 0 Å². The van der Waals surface area contributed by atoms with E-state index in [9.17, 15) is 13.2 Å². The molecule has 0 fully saturated rings. The minimum atomic E-state index is -4.21. The summed E-state index contributed by atoms with van der Waals surface area (Å²) in [5, 5.41) is 1.10. The molecule has 0 aliphatic heterocycles. The van der Waals surface area contributed by atoms with Gasteiger partial charge in [0.05, 0.1) is 17.1 Å². The van der Waals surface area contributed by atoms with Gasteiger partial charge < -0.3 is 4.74 Å². The van der Waals surface area contributed by atoms with Crippen molar-refractivity contribution in [3.8, 4) is 5.75 Å². The third kappa shape index (κ3) is 3.54. The number of rotatable bonds is 4. The average molecular weight is 304 g/mol. The van der Waals surface area contributed by atoms with Gasteiger partial charge in [-0.1, -0.05) is 17.7 Å². The first-order valence-electron chi connectivity index (χ1n) is 6.18. The molecule has 1 heterocycles. The Labute approximate surface area is 119 Å². The van der Waals surface area contributed by atoms with Crippen molar-refractivity contribution >= 4 is 22.5 Å². The maximum absolute atomic E-state index is 12.3. The first-order valence-corrected chi connectivity index (χ1v) is 6.56. The number of benzene rings is 1. The number of hydrogen-bond donors (Lipinski definition) is 0. The average Bonchev–Trinajstić information content (AvgIpc) is 2.37. The lowest BCUT2D eigenvalue weighted by Gasteiger charge is -2.11. The van der Waals surface area contributed by atoms with Crippen LogP contribution in [0.1, 0.15) is 19.0 Å². The minimum Gasteiger partial charge on any atom is -0.493 e. The standard InChI is InChI=1S/C14H13ClF3NO/c1-2-20-12-8-9(6-7-14(16,17)18)19-13-10(12)4-3-5-11(13)15/h3-5,8H,2,6-7H2,1H3. The second-order valence-corrected chi connectivity index (χ2v) is 4.70. The summed E-state index contributed by atoms with van der Waals surface area (Å²) in [5.74, 6) is 0.511. The molecule has 108 valence electrons. The number of aromatic nitrogens is 1. The van der Waals surface area contributed by atoms with Crippen LogP contribution in [0.3, 0.4) is 0 Å². The van der Waals surface area contributed by atoms with E-state index in [1.165, 1.54) is 0 Å². The maximum Gasteiger partial charge on any atom is 0.389 e. The second-order valence-electron chi connectivity index (χ2n) is 4.30. The maximum atomic E-state index is 12.3. The summed E-state index contributed by atoms with van der Waals surface area (Å²) in [6.07, 6.45) is -5.31. The summed E-state index contributed by atoms with van der Waals surface area (Å²) in [7, 11) is 0. The zero-order valence-electron chi connectivity index (χ0n) is 10.8. The van der Waals surface area contributed by atoms with Crippen molar-refractivity contribution in [2.24, 2.45) is 0 Å². The lowest BCUT2D eigenvalue weighted by Crippen LogP contribution is -2.09. The lowest BCUT2D eigenvalue weighted by atomic mass is 10.1. The smallest absolute Gasteiger partial charge is 0.389 e. The Morgan fingerprint density at radius 3 is 2.70 bits per heavy atom. The molecule has 0 N–H and O–H groups in total. The molecule has 0 saturated heterocycles. The fraction of sp³-hybridized carbons (Fsp3) is 0.357. The van der Waals surface area contributed by atoms with Crippen LogP contribution >= 0.6 is 11.6 Å². The third-order valence-electron chi connectivity index (χ3n) is 2.77. The molecule has 20 heavy (non-hydrogen) atoms. The molecule has 0 amide bonds. The molecule has 0 aliphatic rings. The quantitative estimate of drug-likeness (QED) is 0.811. The molecular weight excluding hydrogens is 291 g/mol. The highest BCUT2D eigenvalue weighted by atomic mass is 35.5. The molecular formula is C14H13ClF3NO. The van der Waals surface area contributed by atoms with Gasteiger partial charge in [-0.2, -0.15) is 13.2 Å². The monoisotopic (exact) mass is 303 g/mol. The van der Waals surface area contributed by atoms with Gasteiger partial charge in [0.15, 0.2) is 0 Å². The minimum absolute atomic E-state index is 0.190. The second kappa shape index (κ2) is 5.87. The fourth-order valence-corrected chi connectivity index (χ4v) is 2.12. The molecule has 2 rings (SSSR count). The molecule has 0 aliphatic carbocycles. The Balaban J connectivity index is 2.43. The summed E-state index contributed by atoms with van der Waals surface area (Å²) in [6, 6.07) is 6.74. The molecule has 0 atom stereocenters. The van der Waals surface area contributed by atoms with E-state index in [1.54, 1.807) is 24.3 Å². The first kappa shape index (κ1) is 14.9. The van der Waals surface area contributed by atoms with Crippen LogP contribution in [0.15, 0.2) is 24.3 Å². The van der Waals surface area contributed by atoms with E-state index in [4.69, 9.17) is 16.3 Å². The molecule has 0 spiro atoms. The molecule has 2 aromatic rings. The van der Waals surface area contributed by atoms with Gasteiger partial charge in [-0.05, 0) is 25.5 Å². The molecule has 0 unspecified atom stereocenters. The van der Waals surface area contributed by atoms with Gasteiger partial charge in [0.1, 0.15) is 5.75 Å². The highest BCUT2D eigenvalue weighted by molar-refractivity contribution is 6.35. The number of pyridine rings is 1. The van der Waals surface area contributed by atoms with E-state index in [2.05, 4.69) is 4.98 Å². The molecule has 1 aromatic carbocycles. The van der Waals surface area contributed by atoms with Crippen molar-refractivity contribution in [3.05, 3.63) is 35.0 Å². The number of alkyl halides is 3. The van der Waals surface area contributed by atoms with Crippen molar-refractivity contribution in [2.45, 2.75) is 25.9 Å².